The molecule has 1 fully saturated rings. The maximum Gasteiger partial charge on any atom is 0.263 e. The second kappa shape index (κ2) is 5.60. The lowest BCUT2D eigenvalue weighted by molar-refractivity contribution is 0.0752. The van der Waals surface area contributed by atoms with Crippen molar-refractivity contribution in [1.29, 1.82) is 0 Å². The van der Waals surface area contributed by atoms with Crippen molar-refractivity contribution in [3.8, 4) is 16.2 Å². The zero-order chi connectivity index (χ0) is 16.9. The van der Waals surface area contributed by atoms with Gasteiger partial charge in [-0.15, -0.1) is 11.3 Å². The highest BCUT2D eigenvalue weighted by molar-refractivity contribution is 7.91. The molecule has 2 aromatic rings. The van der Waals surface area contributed by atoms with Crippen molar-refractivity contribution >= 4 is 27.1 Å². The second-order valence-corrected chi connectivity index (χ2v) is 9.50. The lowest BCUT2D eigenvalue weighted by Gasteiger charge is -2.22. The molecule has 1 atom stereocenters. The molecule has 126 valence electrons. The summed E-state index contributed by atoms with van der Waals surface area (Å²) in [5.74, 6) is 0.944. The van der Waals surface area contributed by atoms with Crippen LogP contribution in [-0.2, 0) is 16.4 Å². The van der Waals surface area contributed by atoms with Crippen molar-refractivity contribution in [1.82, 2.24) is 4.90 Å². The number of ether oxygens (including phenoxy) is 1. The molecule has 0 bridgehead atoms. The number of carbonyl (C=O) groups excluding carboxylic acids is 1. The summed E-state index contributed by atoms with van der Waals surface area (Å²) >= 11 is 1.45. The Balaban J connectivity index is 1.63. The van der Waals surface area contributed by atoms with Crippen LogP contribution in [-0.4, -0.2) is 43.8 Å². The molecule has 4 rings (SSSR count). The number of para-hydroxylation sites is 1. The van der Waals surface area contributed by atoms with Gasteiger partial charge in [0.2, 0.25) is 0 Å². The minimum absolute atomic E-state index is 0.0618. The molecule has 3 heterocycles. The number of carbonyl (C=O) groups is 1. The first-order chi connectivity index (χ1) is 11.4. The van der Waals surface area contributed by atoms with Gasteiger partial charge in [0.05, 0.1) is 16.4 Å². The topological polar surface area (TPSA) is 63.7 Å². The summed E-state index contributed by atoms with van der Waals surface area (Å²) in [6, 6.07) is 9.44. The maximum atomic E-state index is 12.8. The Morgan fingerprint density at radius 2 is 2.12 bits per heavy atom. The van der Waals surface area contributed by atoms with E-state index in [1.165, 1.54) is 11.3 Å². The zero-order valence-electron chi connectivity index (χ0n) is 13.2. The van der Waals surface area contributed by atoms with Gasteiger partial charge in [-0.25, -0.2) is 8.42 Å². The number of thiophene rings is 1. The van der Waals surface area contributed by atoms with E-state index in [1.54, 1.807) is 11.9 Å². The van der Waals surface area contributed by atoms with Crippen molar-refractivity contribution in [3.05, 3.63) is 40.8 Å². The summed E-state index contributed by atoms with van der Waals surface area (Å²) in [4.78, 5) is 16.0. The van der Waals surface area contributed by atoms with Gasteiger partial charge in [-0.3, -0.25) is 4.79 Å². The van der Waals surface area contributed by atoms with Crippen LogP contribution in [0, 0.1) is 0 Å². The molecule has 24 heavy (non-hydrogen) atoms. The van der Waals surface area contributed by atoms with Crippen LogP contribution in [0.2, 0.25) is 0 Å². The average molecular weight is 363 g/mol. The van der Waals surface area contributed by atoms with Crippen molar-refractivity contribution in [3.63, 3.8) is 0 Å². The first-order valence-corrected chi connectivity index (χ1v) is 10.4. The third-order valence-corrected chi connectivity index (χ3v) is 7.56. The van der Waals surface area contributed by atoms with Crippen LogP contribution in [0.4, 0.5) is 0 Å². The summed E-state index contributed by atoms with van der Waals surface area (Å²) in [5.41, 5.74) is 2.02. The molecular weight excluding hydrogens is 346 g/mol. The lowest BCUT2D eigenvalue weighted by Crippen LogP contribution is -2.37. The van der Waals surface area contributed by atoms with E-state index in [0.29, 0.717) is 17.9 Å². The SMILES string of the molecule is CN(C(=O)c1cc2c(s1)-c1ccccc1OC2)C1CCS(=O)(=O)C1. The molecule has 1 aromatic heterocycles. The summed E-state index contributed by atoms with van der Waals surface area (Å²) in [7, 11) is -1.32. The molecule has 1 unspecified atom stereocenters. The molecule has 0 spiro atoms. The van der Waals surface area contributed by atoms with Crippen molar-refractivity contribution in [2.24, 2.45) is 0 Å². The van der Waals surface area contributed by atoms with Gasteiger partial charge in [0.25, 0.3) is 5.91 Å². The van der Waals surface area contributed by atoms with E-state index in [0.717, 1.165) is 21.8 Å². The maximum absolute atomic E-state index is 12.8. The molecule has 0 aliphatic carbocycles. The van der Waals surface area contributed by atoms with Gasteiger partial charge in [-0.2, -0.15) is 0 Å². The number of hydrogen-bond donors (Lipinski definition) is 0. The molecule has 2 aliphatic heterocycles. The second-order valence-electron chi connectivity index (χ2n) is 6.22. The molecule has 0 N–H and O–H groups in total. The highest BCUT2D eigenvalue weighted by Gasteiger charge is 2.34. The predicted octanol–water partition coefficient (Wildman–Crippen LogP) is 2.57. The highest BCUT2D eigenvalue weighted by atomic mass is 32.2. The minimum Gasteiger partial charge on any atom is -0.488 e. The van der Waals surface area contributed by atoms with E-state index >= 15 is 0 Å². The molecule has 1 saturated heterocycles. The summed E-state index contributed by atoms with van der Waals surface area (Å²) in [6.45, 7) is 0.456. The Labute approximate surface area is 144 Å². The molecule has 0 saturated carbocycles. The Bertz CT molecular complexity index is 916. The molecule has 7 heteroatoms. The first kappa shape index (κ1) is 15.7. The zero-order valence-corrected chi connectivity index (χ0v) is 14.8. The fourth-order valence-electron chi connectivity index (χ4n) is 3.23. The Morgan fingerprint density at radius 3 is 2.88 bits per heavy atom. The van der Waals surface area contributed by atoms with Crippen LogP contribution < -0.4 is 4.74 Å². The van der Waals surface area contributed by atoms with E-state index in [2.05, 4.69) is 0 Å². The quantitative estimate of drug-likeness (QED) is 0.823. The van der Waals surface area contributed by atoms with E-state index in [9.17, 15) is 13.2 Å². The van der Waals surface area contributed by atoms with Crippen molar-refractivity contribution < 1.29 is 17.9 Å². The molecular formula is C17H17NO4S2. The number of fused-ring (bicyclic) bond motifs is 3. The van der Waals surface area contributed by atoms with Gasteiger partial charge in [0.15, 0.2) is 9.84 Å². The van der Waals surface area contributed by atoms with Gasteiger partial charge < -0.3 is 9.64 Å². The fourth-order valence-corrected chi connectivity index (χ4v) is 6.18. The number of hydrogen-bond acceptors (Lipinski definition) is 5. The van der Waals surface area contributed by atoms with Gasteiger partial charge in [0, 0.05) is 29.1 Å². The van der Waals surface area contributed by atoms with E-state index in [-0.39, 0.29) is 23.5 Å². The Kier molecular flexibility index (Phi) is 3.65. The van der Waals surface area contributed by atoms with Crippen LogP contribution in [0.25, 0.3) is 10.4 Å². The number of rotatable bonds is 2. The molecule has 1 aromatic carbocycles. The first-order valence-electron chi connectivity index (χ1n) is 7.77. The largest absolute Gasteiger partial charge is 0.488 e. The molecule has 2 aliphatic rings. The molecule has 5 nitrogen and oxygen atoms in total. The monoisotopic (exact) mass is 363 g/mol. The summed E-state index contributed by atoms with van der Waals surface area (Å²) in [6.07, 6.45) is 0.515. The van der Waals surface area contributed by atoms with E-state index < -0.39 is 9.84 Å². The lowest BCUT2D eigenvalue weighted by atomic mass is 10.1. The van der Waals surface area contributed by atoms with E-state index in [1.807, 2.05) is 30.3 Å². The Hall–Kier alpha value is -1.86. The fraction of sp³-hybridized carbons (Fsp3) is 0.353. The minimum atomic E-state index is -3.01. The number of sulfone groups is 1. The van der Waals surface area contributed by atoms with Gasteiger partial charge in [-0.1, -0.05) is 12.1 Å². The molecule has 1 amide bonds. The van der Waals surface area contributed by atoms with Crippen LogP contribution >= 0.6 is 11.3 Å². The van der Waals surface area contributed by atoms with Crippen LogP contribution in [0.3, 0.4) is 0 Å². The van der Waals surface area contributed by atoms with E-state index in [4.69, 9.17) is 4.74 Å². The standard InChI is InChI=1S/C17H17NO4S2/c1-18(12-6-7-24(20,21)10-12)17(19)15-8-11-9-22-14-5-3-2-4-13(14)16(11)23-15/h2-5,8,12H,6-7,9-10H2,1H3. The van der Waals surface area contributed by atoms with Crippen molar-refractivity contribution in [2.45, 2.75) is 19.1 Å². The highest BCUT2D eigenvalue weighted by Crippen LogP contribution is 2.42. The summed E-state index contributed by atoms with van der Waals surface area (Å²) < 4.78 is 29.0. The predicted molar refractivity (Wildman–Crippen MR) is 93.2 cm³/mol. The smallest absolute Gasteiger partial charge is 0.263 e. The number of nitrogens with zero attached hydrogens (tertiary/aromatic N) is 1. The number of amides is 1. The van der Waals surface area contributed by atoms with Gasteiger partial charge in [0.1, 0.15) is 12.4 Å². The average Bonchev–Trinajstić information content (AvgIpc) is 3.16. The van der Waals surface area contributed by atoms with Crippen LogP contribution in [0.15, 0.2) is 30.3 Å². The van der Waals surface area contributed by atoms with Gasteiger partial charge in [-0.05, 0) is 24.6 Å². The third-order valence-electron chi connectivity index (χ3n) is 4.61. The normalized spacial score (nSPS) is 20.8. The van der Waals surface area contributed by atoms with Crippen LogP contribution in [0.5, 0.6) is 5.75 Å². The van der Waals surface area contributed by atoms with Gasteiger partial charge >= 0.3 is 0 Å². The summed E-state index contributed by atoms with van der Waals surface area (Å²) in [5, 5.41) is 0. The number of benzene rings is 1. The molecule has 0 radical (unpaired) electrons. The van der Waals surface area contributed by atoms with Crippen molar-refractivity contribution in [2.75, 3.05) is 18.6 Å². The third kappa shape index (κ3) is 2.61. The van der Waals surface area contributed by atoms with Crippen LogP contribution in [0.1, 0.15) is 21.7 Å². The Morgan fingerprint density at radius 1 is 1.33 bits per heavy atom.